The zero-order valence-electron chi connectivity index (χ0n) is 14.2. The van der Waals surface area contributed by atoms with E-state index in [-0.39, 0.29) is 0 Å². The topological polar surface area (TPSA) is 39.7 Å². The molecule has 0 unspecified atom stereocenters. The Bertz CT molecular complexity index is 275. The molecule has 21 heavy (non-hydrogen) atoms. The predicted octanol–water partition coefficient (Wildman–Crippen LogP) is 2.42. The van der Waals surface area contributed by atoms with Gasteiger partial charge in [-0.15, -0.1) is 0 Å². The second-order valence-corrected chi connectivity index (χ2v) is 6.99. The maximum absolute atomic E-state index is 4.28. The van der Waals surface area contributed by atoms with Crippen LogP contribution < -0.4 is 10.6 Å². The summed E-state index contributed by atoms with van der Waals surface area (Å²) in [5.41, 5.74) is 0. The van der Waals surface area contributed by atoms with Crippen LogP contribution in [0, 0.1) is 5.92 Å². The number of piperidine rings is 1. The van der Waals surface area contributed by atoms with Crippen molar-refractivity contribution in [2.45, 2.75) is 39.0 Å². The van der Waals surface area contributed by atoms with Gasteiger partial charge in [-0.25, -0.2) is 0 Å². The molecule has 1 aliphatic heterocycles. The largest absolute Gasteiger partial charge is 0.356 e. The highest BCUT2D eigenvalue weighted by atomic mass is 32.2. The number of hydrogen-bond donors (Lipinski definition) is 2. The van der Waals surface area contributed by atoms with Gasteiger partial charge < -0.3 is 15.5 Å². The second kappa shape index (κ2) is 12.2. The molecule has 0 bridgehead atoms. The summed E-state index contributed by atoms with van der Waals surface area (Å²) in [4.78, 5) is 6.87. The lowest BCUT2D eigenvalue weighted by Gasteiger charge is -2.30. The lowest BCUT2D eigenvalue weighted by Crippen LogP contribution is -2.40. The summed E-state index contributed by atoms with van der Waals surface area (Å²) in [7, 11) is 1.85. The number of nitrogens with one attached hydrogen (secondary N) is 2. The first kappa shape index (κ1) is 18.6. The molecule has 124 valence electrons. The predicted molar refractivity (Wildman–Crippen MR) is 96.4 cm³/mol. The van der Waals surface area contributed by atoms with Crippen LogP contribution in [0.5, 0.6) is 0 Å². The lowest BCUT2D eigenvalue weighted by molar-refractivity contribution is 0.191. The van der Waals surface area contributed by atoms with Crippen LogP contribution in [0.25, 0.3) is 0 Å². The summed E-state index contributed by atoms with van der Waals surface area (Å²) in [5, 5.41) is 6.80. The van der Waals surface area contributed by atoms with E-state index >= 15 is 0 Å². The van der Waals surface area contributed by atoms with Gasteiger partial charge in [0.25, 0.3) is 0 Å². The van der Waals surface area contributed by atoms with Crippen LogP contribution in [-0.4, -0.2) is 62.6 Å². The Labute approximate surface area is 135 Å². The van der Waals surface area contributed by atoms with E-state index in [1.807, 2.05) is 18.8 Å². The number of rotatable bonds is 9. The summed E-state index contributed by atoms with van der Waals surface area (Å²) in [6.45, 7) is 8.17. The van der Waals surface area contributed by atoms with Crippen molar-refractivity contribution in [3.8, 4) is 0 Å². The van der Waals surface area contributed by atoms with Crippen LogP contribution in [0.3, 0.4) is 0 Å². The number of aliphatic imine (C=N–C) groups is 1. The molecule has 0 aromatic heterocycles. The summed E-state index contributed by atoms with van der Waals surface area (Å²) in [6, 6.07) is 0. The summed E-state index contributed by atoms with van der Waals surface area (Å²) >= 11 is 1.92. The van der Waals surface area contributed by atoms with E-state index in [1.165, 1.54) is 57.5 Å². The van der Waals surface area contributed by atoms with Crippen LogP contribution in [0.2, 0.25) is 0 Å². The van der Waals surface area contributed by atoms with Crippen LogP contribution in [-0.2, 0) is 0 Å². The van der Waals surface area contributed by atoms with Crippen molar-refractivity contribution in [2.24, 2.45) is 10.9 Å². The highest BCUT2D eigenvalue weighted by Crippen LogP contribution is 2.15. The maximum Gasteiger partial charge on any atom is 0.190 e. The van der Waals surface area contributed by atoms with Crippen LogP contribution in [0.1, 0.15) is 39.0 Å². The Morgan fingerprint density at radius 2 is 1.81 bits per heavy atom. The minimum absolute atomic E-state index is 0.925. The summed E-state index contributed by atoms with van der Waals surface area (Å²) in [5.74, 6) is 3.13. The first-order valence-corrected chi connectivity index (χ1v) is 9.81. The molecule has 5 heteroatoms. The van der Waals surface area contributed by atoms with E-state index in [0.717, 1.165) is 25.0 Å². The fraction of sp³-hybridized carbons (Fsp3) is 0.938. The van der Waals surface area contributed by atoms with Crippen molar-refractivity contribution in [1.29, 1.82) is 0 Å². The van der Waals surface area contributed by atoms with E-state index in [9.17, 15) is 0 Å². The third-order valence-electron chi connectivity index (χ3n) is 4.11. The van der Waals surface area contributed by atoms with Gasteiger partial charge in [-0.05, 0) is 69.7 Å². The molecule has 0 aromatic carbocycles. The van der Waals surface area contributed by atoms with E-state index in [4.69, 9.17) is 0 Å². The molecule has 1 heterocycles. The quantitative estimate of drug-likeness (QED) is 0.389. The molecule has 0 atom stereocenters. The SMILES string of the molecule is CN=C(NCCCCSC)NCCCN1CCC(C)CC1. The van der Waals surface area contributed by atoms with Gasteiger partial charge in [0.2, 0.25) is 0 Å². The van der Waals surface area contributed by atoms with Crippen molar-refractivity contribution < 1.29 is 0 Å². The van der Waals surface area contributed by atoms with Gasteiger partial charge in [-0.2, -0.15) is 11.8 Å². The normalized spacial score (nSPS) is 18.0. The third-order valence-corrected chi connectivity index (χ3v) is 4.81. The average molecular weight is 315 g/mol. The van der Waals surface area contributed by atoms with Crippen molar-refractivity contribution >= 4 is 17.7 Å². The van der Waals surface area contributed by atoms with Crippen molar-refractivity contribution in [3.05, 3.63) is 0 Å². The molecule has 0 aliphatic carbocycles. The van der Waals surface area contributed by atoms with Gasteiger partial charge in [-0.1, -0.05) is 6.92 Å². The van der Waals surface area contributed by atoms with E-state index in [2.05, 4.69) is 33.7 Å². The van der Waals surface area contributed by atoms with Gasteiger partial charge in [0.1, 0.15) is 0 Å². The molecule has 1 saturated heterocycles. The number of likely N-dealkylation sites (tertiary alicyclic amines) is 1. The van der Waals surface area contributed by atoms with Gasteiger partial charge in [0, 0.05) is 20.1 Å². The Hall–Kier alpha value is -0.420. The molecule has 1 rings (SSSR count). The molecular weight excluding hydrogens is 280 g/mol. The number of guanidine groups is 1. The first-order valence-electron chi connectivity index (χ1n) is 8.42. The smallest absolute Gasteiger partial charge is 0.190 e. The second-order valence-electron chi connectivity index (χ2n) is 6.00. The molecule has 0 radical (unpaired) electrons. The molecule has 4 nitrogen and oxygen atoms in total. The molecule has 1 fully saturated rings. The van der Waals surface area contributed by atoms with Gasteiger partial charge in [0.15, 0.2) is 5.96 Å². The highest BCUT2D eigenvalue weighted by molar-refractivity contribution is 7.98. The van der Waals surface area contributed by atoms with Crippen molar-refractivity contribution in [2.75, 3.05) is 51.8 Å². The number of thioether (sulfide) groups is 1. The highest BCUT2D eigenvalue weighted by Gasteiger charge is 2.14. The molecule has 0 saturated carbocycles. The zero-order chi connectivity index (χ0) is 15.3. The number of unbranched alkanes of at least 4 members (excludes halogenated alkanes) is 1. The summed E-state index contributed by atoms with van der Waals surface area (Å²) < 4.78 is 0. The Morgan fingerprint density at radius 3 is 2.43 bits per heavy atom. The van der Waals surface area contributed by atoms with Gasteiger partial charge in [-0.3, -0.25) is 4.99 Å². The molecule has 0 amide bonds. The van der Waals surface area contributed by atoms with Crippen LogP contribution in [0.4, 0.5) is 0 Å². The lowest BCUT2D eigenvalue weighted by atomic mass is 9.99. The molecular formula is C16H34N4S. The van der Waals surface area contributed by atoms with Crippen molar-refractivity contribution in [1.82, 2.24) is 15.5 Å². The van der Waals surface area contributed by atoms with Crippen LogP contribution >= 0.6 is 11.8 Å². The van der Waals surface area contributed by atoms with Crippen molar-refractivity contribution in [3.63, 3.8) is 0 Å². The van der Waals surface area contributed by atoms with Gasteiger partial charge in [0.05, 0.1) is 0 Å². The monoisotopic (exact) mass is 314 g/mol. The van der Waals surface area contributed by atoms with E-state index < -0.39 is 0 Å². The summed E-state index contributed by atoms with van der Waals surface area (Å²) in [6.07, 6.45) is 8.59. The van der Waals surface area contributed by atoms with E-state index in [0.29, 0.717) is 0 Å². The number of nitrogens with zero attached hydrogens (tertiary/aromatic N) is 2. The third kappa shape index (κ3) is 9.25. The molecule has 0 spiro atoms. The molecule has 0 aromatic rings. The maximum atomic E-state index is 4.28. The zero-order valence-corrected chi connectivity index (χ0v) is 15.0. The Kier molecular flexibility index (Phi) is 10.8. The Balaban J connectivity index is 1.99. The number of hydrogen-bond acceptors (Lipinski definition) is 3. The Morgan fingerprint density at radius 1 is 1.14 bits per heavy atom. The van der Waals surface area contributed by atoms with E-state index in [1.54, 1.807) is 0 Å². The molecule has 1 aliphatic rings. The fourth-order valence-corrected chi connectivity index (χ4v) is 3.09. The minimum atomic E-state index is 0.925. The fourth-order valence-electron chi connectivity index (χ4n) is 2.59. The van der Waals surface area contributed by atoms with Gasteiger partial charge >= 0.3 is 0 Å². The average Bonchev–Trinajstić information content (AvgIpc) is 2.51. The minimum Gasteiger partial charge on any atom is -0.356 e. The standard InChI is InChI=1S/C16H34N4S/c1-15-7-12-20(13-8-15)11-6-10-19-16(17-2)18-9-4-5-14-21-3/h15H,4-14H2,1-3H3,(H2,17,18,19). The molecule has 2 N–H and O–H groups in total. The first-order chi connectivity index (χ1) is 10.3. The van der Waals surface area contributed by atoms with Crippen LogP contribution in [0.15, 0.2) is 4.99 Å².